The number of aryl methyl sites for hydroxylation is 1. The predicted molar refractivity (Wildman–Crippen MR) is 174 cm³/mol. The molecule has 3 heterocycles. The van der Waals surface area contributed by atoms with Gasteiger partial charge in [0.15, 0.2) is 5.65 Å². The maximum absolute atomic E-state index is 14.4. The molecule has 1 saturated heterocycles. The molecule has 6 aromatic rings. The number of aromatic nitrogens is 4. The van der Waals surface area contributed by atoms with Crippen molar-refractivity contribution < 1.29 is 14.3 Å². The van der Waals surface area contributed by atoms with Crippen LogP contribution in [0.1, 0.15) is 28.1 Å². The van der Waals surface area contributed by atoms with Gasteiger partial charge in [0.2, 0.25) is 5.91 Å². The van der Waals surface area contributed by atoms with Crippen LogP contribution in [-0.2, 0) is 30.4 Å². The van der Waals surface area contributed by atoms with Gasteiger partial charge in [0.1, 0.15) is 35.6 Å². The number of ether oxygens (including phenoxy) is 1. The molecule has 1 aliphatic rings. The van der Waals surface area contributed by atoms with Gasteiger partial charge in [-0.15, -0.1) is 0 Å². The van der Waals surface area contributed by atoms with E-state index in [1.165, 1.54) is 11.2 Å². The highest BCUT2D eigenvalue weighted by Crippen LogP contribution is 2.47. The van der Waals surface area contributed by atoms with Crippen molar-refractivity contribution in [2.45, 2.75) is 23.8 Å². The molecule has 7 rings (SSSR count). The number of imide groups is 1. The van der Waals surface area contributed by atoms with Crippen LogP contribution < -0.4 is 4.74 Å². The van der Waals surface area contributed by atoms with Gasteiger partial charge < -0.3 is 9.30 Å². The Kier molecular flexibility index (Phi) is 7.61. The van der Waals surface area contributed by atoms with Crippen LogP contribution in [0.25, 0.3) is 11.2 Å². The second-order valence-electron chi connectivity index (χ2n) is 10.8. The summed E-state index contributed by atoms with van der Waals surface area (Å²) < 4.78 is 7.89. The fraction of sp³-hybridized carbons (Fsp3) is 0.139. The van der Waals surface area contributed by atoms with Crippen LogP contribution in [0.15, 0.2) is 128 Å². The summed E-state index contributed by atoms with van der Waals surface area (Å²) in [6.07, 6.45) is 3.58. The van der Waals surface area contributed by atoms with Gasteiger partial charge in [0.05, 0.1) is 11.4 Å². The Hall–Kier alpha value is -5.28. The first kappa shape index (κ1) is 28.5. The average Bonchev–Trinajstić information content (AvgIpc) is 3.56. The number of benzene rings is 4. The summed E-state index contributed by atoms with van der Waals surface area (Å²) in [5.41, 5.74) is 3.81. The van der Waals surface area contributed by atoms with Gasteiger partial charge in [-0.05, 0) is 40.8 Å². The highest BCUT2D eigenvalue weighted by atomic mass is 32.2. The molecule has 0 aliphatic carbocycles. The Balaban J connectivity index is 1.15. The summed E-state index contributed by atoms with van der Waals surface area (Å²) in [4.78, 5) is 42.7. The molecule has 2 amide bonds. The van der Waals surface area contributed by atoms with Gasteiger partial charge >= 0.3 is 0 Å². The minimum Gasteiger partial charge on any atom is -0.486 e. The SMILES string of the molecule is Cn1c(COc2ccc(CC3SC(=O)N(C(c4ccccc4)(c4ccccc4)c4ccccc4)C3=O)cc2)nc2cncnc21. The van der Waals surface area contributed by atoms with Crippen molar-refractivity contribution in [1.29, 1.82) is 0 Å². The summed E-state index contributed by atoms with van der Waals surface area (Å²) in [5.74, 6) is 1.20. The van der Waals surface area contributed by atoms with Crippen LogP contribution in [0.4, 0.5) is 4.79 Å². The fourth-order valence-electron chi connectivity index (χ4n) is 6.02. The van der Waals surface area contributed by atoms with Gasteiger partial charge in [-0.25, -0.2) is 15.0 Å². The lowest BCUT2D eigenvalue weighted by molar-refractivity contribution is -0.129. The van der Waals surface area contributed by atoms with E-state index < -0.39 is 10.8 Å². The van der Waals surface area contributed by atoms with Crippen molar-refractivity contribution in [1.82, 2.24) is 24.4 Å². The summed E-state index contributed by atoms with van der Waals surface area (Å²) >= 11 is 1.09. The van der Waals surface area contributed by atoms with Gasteiger partial charge in [0, 0.05) is 7.05 Å². The molecule has 1 fully saturated rings. The third-order valence-corrected chi connectivity index (χ3v) is 9.21. The number of nitrogens with zero attached hydrogens (tertiary/aromatic N) is 5. The number of hydrogen-bond donors (Lipinski definition) is 0. The molecule has 1 unspecified atom stereocenters. The molecule has 2 aromatic heterocycles. The fourth-order valence-corrected chi connectivity index (χ4v) is 7.08. The van der Waals surface area contributed by atoms with E-state index in [0.717, 1.165) is 45.5 Å². The average molecular weight is 612 g/mol. The van der Waals surface area contributed by atoms with Gasteiger partial charge in [0.25, 0.3) is 5.24 Å². The monoisotopic (exact) mass is 611 g/mol. The molecule has 0 spiro atoms. The summed E-state index contributed by atoms with van der Waals surface area (Å²) in [7, 11) is 1.90. The third-order valence-electron chi connectivity index (χ3n) is 8.17. The first-order chi connectivity index (χ1) is 22.1. The van der Waals surface area contributed by atoms with Crippen molar-refractivity contribution in [3.8, 4) is 5.75 Å². The molecule has 45 heavy (non-hydrogen) atoms. The van der Waals surface area contributed by atoms with Gasteiger partial charge in [-0.3, -0.25) is 14.5 Å². The molecule has 0 saturated carbocycles. The zero-order valence-corrected chi connectivity index (χ0v) is 25.3. The number of carbonyl (C=O) groups is 2. The lowest BCUT2D eigenvalue weighted by Crippen LogP contribution is -2.51. The first-order valence-electron chi connectivity index (χ1n) is 14.6. The second kappa shape index (κ2) is 12.0. The number of hydrogen-bond acceptors (Lipinski definition) is 7. The Labute approximate surface area is 264 Å². The largest absolute Gasteiger partial charge is 0.486 e. The van der Waals surface area contributed by atoms with Crippen LogP contribution >= 0.6 is 11.8 Å². The van der Waals surface area contributed by atoms with Crippen molar-refractivity contribution in [2.24, 2.45) is 7.05 Å². The van der Waals surface area contributed by atoms with E-state index >= 15 is 0 Å². The Morgan fingerprint density at radius 3 is 1.93 bits per heavy atom. The number of imidazole rings is 1. The zero-order valence-electron chi connectivity index (χ0n) is 24.5. The highest BCUT2D eigenvalue weighted by Gasteiger charge is 2.53. The smallest absolute Gasteiger partial charge is 0.290 e. The van der Waals surface area contributed by atoms with Crippen molar-refractivity contribution in [3.05, 3.63) is 156 Å². The molecule has 9 heteroatoms. The first-order valence-corrected chi connectivity index (χ1v) is 15.5. The predicted octanol–water partition coefficient (Wildman–Crippen LogP) is 6.54. The Morgan fingerprint density at radius 2 is 1.38 bits per heavy atom. The minimum absolute atomic E-state index is 0.216. The molecule has 1 atom stereocenters. The normalized spacial score (nSPS) is 15.1. The maximum atomic E-state index is 14.4. The lowest BCUT2D eigenvalue weighted by Gasteiger charge is -2.42. The van der Waals surface area contributed by atoms with Crippen molar-refractivity contribution in [3.63, 3.8) is 0 Å². The third kappa shape index (κ3) is 5.15. The second-order valence-corrected chi connectivity index (χ2v) is 12.0. The molecule has 0 bridgehead atoms. The van der Waals surface area contributed by atoms with E-state index in [0.29, 0.717) is 17.7 Å². The number of carbonyl (C=O) groups excluding carboxylic acids is 2. The van der Waals surface area contributed by atoms with E-state index in [-0.39, 0.29) is 17.8 Å². The van der Waals surface area contributed by atoms with Crippen LogP contribution in [0.5, 0.6) is 5.75 Å². The Bertz CT molecular complexity index is 1870. The quantitative estimate of drug-likeness (QED) is 0.172. The van der Waals surface area contributed by atoms with Crippen LogP contribution in [0.3, 0.4) is 0 Å². The Morgan fingerprint density at radius 1 is 0.800 bits per heavy atom. The molecule has 1 aliphatic heterocycles. The van der Waals surface area contributed by atoms with Crippen LogP contribution in [0.2, 0.25) is 0 Å². The van der Waals surface area contributed by atoms with Crippen molar-refractivity contribution >= 4 is 34.1 Å². The van der Waals surface area contributed by atoms with E-state index in [9.17, 15) is 9.59 Å². The van der Waals surface area contributed by atoms with E-state index in [1.54, 1.807) is 6.20 Å². The minimum atomic E-state index is -1.13. The molecule has 8 nitrogen and oxygen atoms in total. The molecular weight excluding hydrogens is 582 g/mol. The molecule has 0 N–H and O–H groups in total. The van der Waals surface area contributed by atoms with Crippen LogP contribution in [0, 0.1) is 0 Å². The number of amides is 2. The van der Waals surface area contributed by atoms with Crippen molar-refractivity contribution in [2.75, 3.05) is 0 Å². The zero-order chi connectivity index (χ0) is 30.8. The van der Waals surface area contributed by atoms with E-state index in [1.807, 2.05) is 127 Å². The molecule has 4 aromatic carbocycles. The van der Waals surface area contributed by atoms with Gasteiger partial charge in [-0.1, -0.05) is 115 Å². The van der Waals surface area contributed by atoms with Gasteiger partial charge in [-0.2, -0.15) is 0 Å². The number of thioether (sulfide) groups is 1. The molecular formula is C36H29N5O3S. The summed E-state index contributed by atoms with van der Waals surface area (Å²) in [5, 5.41) is -0.838. The number of fused-ring (bicyclic) bond motifs is 1. The highest BCUT2D eigenvalue weighted by molar-refractivity contribution is 8.15. The lowest BCUT2D eigenvalue weighted by atomic mass is 9.75. The van der Waals surface area contributed by atoms with E-state index in [4.69, 9.17) is 4.74 Å². The maximum Gasteiger partial charge on any atom is 0.290 e. The van der Waals surface area contributed by atoms with E-state index in [2.05, 4.69) is 15.0 Å². The summed E-state index contributed by atoms with van der Waals surface area (Å²) in [6.45, 7) is 0.271. The molecule has 222 valence electrons. The van der Waals surface area contributed by atoms with Crippen LogP contribution in [-0.4, -0.2) is 40.8 Å². The number of rotatable bonds is 9. The standard InChI is InChI=1S/C36H29N5O3S/c1-40-32(39-30-22-37-24-38-33(30)40)23-44-29-19-17-25(18-20-29)21-31-34(42)41(35(43)45-31)36(26-11-5-2-6-12-26,27-13-7-3-8-14-27)28-15-9-4-10-16-28/h2-20,22,24,31H,21,23H2,1H3. The topological polar surface area (TPSA) is 90.2 Å². The molecule has 0 radical (unpaired) electrons. The summed E-state index contributed by atoms with van der Waals surface area (Å²) in [6, 6.07) is 37.0.